The topological polar surface area (TPSA) is 86.7 Å². The number of nitrogens with one attached hydrogen (secondary N) is 1. The molecule has 1 N–H and O–H groups in total. The van der Waals surface area contributed by atoms with Crippen molar-refractivity contribution in [1.82, 2.24) is 24.8 Å². The molecule has 238 valence electrons. The maximum Gasteiger partial charge on any atom is 0.416 e. The molecule has 0 bridgehead atoms. The van der Waals surface area contributed by atoms with Crippen LogP contribution in [0.25, 0.3) is 11.3 Å². The van der Waals surface area contributed by atoms with Crippen molar-refractivity contribution in [3.8, 4) is 11.3 Å². The number of ether oxygens (including phenoxy) is 1. The summed E-state index contributed by atoms with van der Waals surface area (Å²) in [4.78, 5) is 32.9. The molecule has 0 saturated carbocycles. The maximum absolute atomic E-state index is 14.3. The van der Waals surface area contributed by atoms with Crippen molar-refractivity contribution in [2.75, 3.05) is 49.5 Å². The fraction of sp³-hybridized carbons (Fsp3) is 0.533. The first-order valence-electron chi connectivity index (χ1n) is 14.8. The third kappa shape index (κ3) is 7.83. The van der Waals surface area contributed by atoms with Crippen molar-refractivity contribution in [2.45, 2.75) is 65.0 Å². The molecule has 4 heterocycles. The fourth-order valence-corrected chi connectivity index (χ4v) is 6.73. The number of esters is 1. The second kappa shape index (κ2) is 13.7. The van der Waals surface area contributed by atoms with Gasteiger partial charge in [0.2, 0.25) is 0 Å². The zero-order chi connectivity index (χ0) is 31.4. The molecule has 5 rings (SSSR count). The molecule has 0 unspecified atom stereocenters. The van der Waals surface area contributed by atoms with Gasteiger partial charge in [-0.05, 0) is 58.4 Å². The van der Waals surface area contributed by atoms with Crippen LogP contribution in [0.2, 0.25) is 0 Å². The molecule has 2 aromatic heterocycles. The molecule has 0 radical (unpaired) electrons. The van der Waals surface area contributed by atoms with E-state index in [1.54, 1.807) is 19.3 Å². The average Bonchev–Trinajstić information content (AvgIpc) is 3.57. The van der Waals surface area contributed by atoms with E-state index < -0.39 is 17.6 Å². The van der Waals surface area contributed by atoms with Gasteiger partial charge >= 0.3 is 12.1 Å². The number of nitrogens with zero attached hydrogens (tertiary/aromatic N) is 6. The van der Waals surface area contributed by atoms with Crippen LogP contribution in [0.1, 0.15) is 49.7 Å². The minimum absolute atomic E-state index is 0.101. The van der Waals surface area contributed by atoms with E-state index >= 15 is 0 Å². The minimum atomic E-state index is -4.67. The lowest BCUT2D eigenvalue weighted by Gasteiger charge is -2.39. The molecule has 2 fully saturated rings. The lowest BCUT2D eigenvalue weighted by Crippen LogP contribution is -2.53. The summed E-state index contributed by atoms with van der Waals surface area (Å²) >= 11 is 1.35. The Balaban J connectivity index is 1.27. The normalized spacial score (nSPS) is 19.8. The molecule has 44 heavy (non-hydrogen) atoms. The minimum Gasteiger partial charge on any atom is -0.465 e. The monoisotopic (exact) mass is 635 g/mol. The Morgan fingerprint density at radius 2 is 1.93 bits per heavy atom. The molecule has 14 heteroatoms. The number of carbonyl (C=O) groups is 1. The average molecular weight is 636 g/mol. The van der Waals surface area contributed by atoms with Crippen molar-refractivity contribution in [3.63, 3.8) is 0 Å². The molecule has 1 aromatic carbocycles. The molecule has 2 aliphatic rings. The van der Waals surface area contributed by atoms with Gasteiger partial charge in [-0.3, -0.25) is 19.6 Å². The largest absolute Gasteiger partial charge is 0.465 e. The highest BCUT2D eigenvalue weighted by atomic mass is 32.1. The number of hydrogen-bond donors (Lipinski definition) is 1. The number of rotatable bonds is 10. The van der Waals surface area contributed by atoms with Crippen LogP contribution in [0, 0.1) is 5.82 Å². The van der Waals surface area contributed by atoms with Gasteiger partial charge < -0.3 is 15.0 Å². The number of anilines is 2. The van der Waals surface area contributed by atoms with Crippen molar-refractivity contribution < 1.29 is 27.1 Å². The molecule has 2 atom stereocenters. The summed E-state index contributed by atoms with van der Waals surface area (Å²) in [5.41, 5.74) is 0.0720. The van der Waals surface area contributed by atoms with Gasteiger partial charge in [0.1, 0.15) is 11.6 Å². The summed E-state index contributed by atoms with van der Waals surface area (Å²) in [5.74, 6) is -0.443. The number of halogens is 4. The van der Waals surface area contributed by atoms with Gasteiger partial charge in [-0.1, -0.05) is 0 Å². The van der Waals surface area contributed by atoms with Gasteiger partial charge in [0.05, 0.1) is 49.0 Å². The molecule has 9 nitrogen and oxygen atoms in total. The second-order valence-corrected chi connectivity index (χ2v) is 12.4. The van der Waals surface area contributed by atoms with Crippen molar-refractivity contribution in [2.24, 2.45) is 0 Å². The third-order valence-corrected chi connectivity index (χ3v) is 9.01. The Bertz CT molecular complexity index is 1440. The predicted molar refractivity (Wildman–Crippen MR) is 161 cm³/mol. The summed E-state index contributed by atoms with van der Waals surface area (Å²) < 4.78 is 59.8. The number of likely N-dealkylation sites (tertiary alicyclic amines) is 1. The Hall–Kier alpha value is -3.36. The quantitative estimate of drug-likeness (QED) is 0.232. The van der Waals surface area contributed by atoms with Crippen LogP contribution >= 0.6 is 11.3 Å². The molecule has 3 aromatic rings. The summed E-state index contributed by atoms with van der Waals surface area (Å²) in [7, 11) is 0. The molecular formula is C30H37F4N7O2S. The van der Waals surface area contributed by atoms with E-state index in [1.807, 2.05) is 0 Å². The van der Waals surface area contributed by atoms with Gasteiger partial charge in [-0.2, -0.15) is 13.2 Å². The lowest BCUT2D eigenvalue weighted by molar-refractivity contribution is -0.144. The Morgan fingerprint density at radius 3 is 2.59 bits per heavy atom. The third-order valence-electron chi connectivity index (χ3n) is 8.01. The summed E-state index contributed by atoms with van der Waals surface area (Å²) in [5, 5.41) is 3.75. The molecule has 0 spiro atoms. The van der Waals surface area contributed by atoms with E-state index in [4.69, 9.17) is 4.74 Å². The van der Waals surface area contributed by atoms with E-state index in [0.29, 0.717) is 68.0 Å². The van der Waals surface area contributed by atoms with Crippen LogP contribution in [0.4, 0.5) is 28.5 Å². The van der Waals surface area contributed by atoms with Crippen LogP contribution < -0.4 is 10.2 Å². The number of piperazine rings is 1. The van der Waals surface area contributed by atoms with Gasteiger partial charge in [0.15, 0.2) is 5.13 Å². The number of hydrogen-bond acceptors (Lipinski definition) is 10. The second-order valence-electron chi connectivity index (χ2n) is 11.3. The molecule has 0 amide bonds. The summed E-state index contributed by atoms with van der Waals surface area (Å²) in [6, 6.07) is 3.04. The van der Waals surface area contributed by atoms with Gasteiger partial charge in [0.25, 0.3) is 0 Å². The van der Waals surface area contributed by atoms with Crippen LogP contribution in [0.15, 0.2) is 30.6 Å². The predicted octanol–water partition coefficient (Wildman–Crippen LogP) is 5.43. The van der Waals surface area contributed by atoms with Gasteiger partial charge in [-0.15, -0.1) is 11.3 Å². The van der Waals surface area contributed by atoms with Gasteiger partial charge in [0, 0.05) is 48.7 Å². The Kier molecular flexibility index (Phi) is 10.0. The summed E-state index contributed by atoms with van der Waals surface area (Å²) in [6.45, 7) is 10.4. The highest BCUT2D eigenvalue weighted by Crippen LogP contribution is 2.38. The van der Waals surface area contributed by atoms with Crippen molar-refractivity contribution >= 4 is 28.3 Å². The first-order chi connectivity index (χ1) is 21.0. The van der Waals surface area contributed by atoms with E-state index in [2.05, 4.69) is 48.8 Å². The molecular weight excluding hydrogens is 598 g/mol. The van der Waals surface area contributed by atoms with E-state index in [9.17, 15) is 22.4 Å². The Labute approximate surface area is 258 Å². The van der Waals surface area contributed by atoms with Crippen LogP contribution in [-0.4, -0.2) is 82.1 Å². The first-order valence-corrected chi connectivity index (χ1v) is 15.6. The standard InChI is InChI=1S/C30H37F4N7O2S/c1-4-43-27(42)18-39-8-9-41(20(3)16-39)26-15-35-24(13-36-26)14-37-29-38-28(25(44-29)17-40-7-5-6-19(40)2)21-10-22(30(32,33)34)12-23(31)11-21/h10-13,15,19-20H,4-9,14,16-18H2,1-3H3,(H,37,38)/t19-,20-/m1/s1. The van der Waals surface area contributed by atoms with E-state index in [1.165, 1.54) is 11.3 Å². The van der Waals surface area contributed by atoms with Crippen molar-refractivity contribution in [1.29, 1.82) is 0 Å². The summed E-state index contributed by atoms with van der Waals surface area (Å²) in [6.07, 6.45) is 0.830. The first kappa shape index (κ1) is 32.0. The van der Waals surface area contributed by atoms with Crippen LogP contribution in [0.5, 0.6) is 0 Å². The van der Waals surface area contributed by atoms with Crippen molar-refractivity contribution in [3.05, 3.63) is 52.5 Å². The molecule has 0 aliphatic carbocycles. The van der Waals surface area contributed by atoms with Crippen LogP contribution in [-0.2, 0) is 28.8 Å². The number of carbonyl (C=O) groups excluding carboxylic acids is 1. The fourth-order valence-electron chi connectivity index (χ4n) is 5.72. The lowest BCUT2D eigenvalue weighted by atomic mass is 10.1. The number of alkyl halides is 3. The SMILES string of the molecule is CCOC(=O)CN1CCN(c2cnc(CNc3nc(-c4cc(F)cc(C(F)(F)F)c4)c(CN4CCC[C@H]4C)s3)cn2)[C@H](C)C1. The highest BCUT2D eigenvalue weighted by Gasteiger charge is 2.32. The number of thiazole rings is 1. The van der Waals surface area contributed by atoms with E-state index in [0.717, 1.165) is 42.2 Å². The maximum atomic E-state index is 14.3. The highest BCUT2D eigenvalue weighted by molar-refractivity contribution is 7.16. The van der Waals surface area contributed by atoms with E-state index in [-0.39, 0.29) is 24.1 Å². The molecule has 2 saturated heterocycles. The molecule has 2 aliphatic heterocycles. The zero-order valence-corrected chi connectivity index (χ0v) is 25.8. The zero-order valence-electron chi connectivity index (χ0n) is 25.0. The number of benzene rings is 1. The number of aromatic nitrogens is 3. The smallest absolute Gasteiger partial charge is 0.416 e. The Morgan fingerprint density at radius 1 is 1.11 bits per heavy atom. The van der Waals surface area contributed by atoms with Gasteiger partial charge in [-0.25, -0.2) is 14.4 Å². The van der Waals surface area contributed by atoms with Crippen LogP contribution in [0.3, 0.4) is 0 Å².